The molecule has 3 rings (SSSR count). The molecule has 21 heavy (non-hydrogen) atoms. The van der Waals surface area contributed by atoms with Crippen LogP contribution in [-0.2, 0) is 13.1 Å². The minimum Gasteiger partial charge on any atom is -0.506 e. The summed E-state index contributed by atoms with van der Waals surface area (Å²) in [6.45, 7) is 4.83. The molecule has 0 amide bonds. The molecule has 1 aliphatic heterocycles. The van der Waals surface area contributed by atoms with Gasteiger partial charge in [0.1, 0.15) is 23.0 Å². The lowest BCUT2D eigenvalue weighted by molar-refractivity contribution is 0.429. The Morgan fingerprint density at radius 1 is 1.10 bits per heavy atom. The quantitative estimate of drug-likeness (QED) is 0.881. The number of aromatic hydroxyl groups is 2. The second-order valence-electron chi connectivity index (χ2n) is 5.77. The molecular formula is C17H18FNO2. The van der Waals surface area contributed by atoms with Crippen LogP contribution >= 0.6 is 0 Å². The van der Waals surface area contributed by atoms with Crippen LogP contribution in [0.2, 0.25) is 0 Å². The van der Waals surface area contributed by atoms with E-state index in [0.29, 0.717) is 18.8 Å². The molecule has 0 saturated carbocycles. The van der Waals surface area contributed by atoms with E-state index >= 15 is 0 Å². The predicted molar refractivity (Wildman–Crippen MR) is 80.1 cm³/mol. The zero-order chi connectivity index (χ0) is 15.1. The van der Waals surface area contributed by atoms with Gasteiger partial charge < -0.3 is 15.1 Å². The summed E-state index contributed by atoms with van der Waals surface area (Å²) in [6.07, 6.45) is 0. The molecule has 0 unspecified atom stereocenters. The molecule has 0 aromatic heterocycles. The Labute approximate surface area is 123 Å². The Hall–Kier alpha value is -2.23. The maximum Gasteiger partial charge on any atom is 0.149 e. The van der Waals surface area contributed by atoms with Crippen molar-refractivity contribution >= 4 is 5.69 Å². The first-order chi connectivity index (χ1) is 9.99. The molecule has 1 aliphatic rings. The van der Waals surface area contributed by atoms with E-state index in [0.717, 1.165) is 17.2 Å². The maximum absolute atomic E-state index is 14.0. The van der Waals surface area contributed by atoms with Crippen LogP contribution in [0.25, 0.3) is 0 Å². The molecule has 0 radical (unpaired) electrons. The fraction of sp³-hybridized carbons (Fsp3) is 0.294. The smallest absolute Gasteiger partial charge is 0.149 e. The average Bonchev–Trinajstić information content (AvgIpc) is 2.80. The molecule has 1 heterocycles. The molecule has 0 bridgehead atoms. The van der Waals surface area contributed by atoms with Crippen molar-refractivity contribution < 1.29 is 14.6 Å². The largest absolute Gasteiger partial charge is 0.506 e. The number of phenols is 2. The van der Waals surface area contributed by atoms with Crippen LogP contribution in [0.15, 0.2) is 30.3 Å². The number of halogens is 1. The molecule has 2 N–H and O–H groups in total. The van der Waals surface area contributed by atoms with Gasteiger partial charge >= 0.3 is 0 Å². The third-order valence-electron chi connectivity index (χ3n) is 3.98. The van der Waals surface area contributed by atoms with E-state index in [1.807, 2.05) is 43.0 Å². The lowest BCUT2D eigenvalue weighted by Gasteiger charge is -2.23. The Balaban J connectivity index is 2.07. The minimum absolute atomic E-state index is 0.157. The van der Waals surface area contributed by atoms with Gasteiger partial charge in [0, 0.05) is 24.7 Å². The number of hydrogen-bond donors (Lipinski definition) is 2. The number of rotatable bonds is 2. The van der Waals surface area contributed by atoms with Gasteiger partial charge in [0.15, 0.2) is 0 Å². The predicted octanol–water partition coefficient (Wildman–Crippen LogP) is 3.88. The highest BCUT2D eigenvalue weighted by Crippen LogP contribution is 2.45. The Morgan fingerprint density at radius 3 is 2.19 bits per heavy atom. The molecule has 0 fully saturated rings. The van der Waals surface area contributed by atoms with Crippen LogP contribution in [0.5, 0.6) is 11.5 Å². The van der Waals surface area contributed by atoms with Crippen LogP contribution in [0.3, 0.4) is 0 Å². The third kappa shape index (κ3) is 2.20. The van der Waals surface area contributed by atoms with Crippen molar-refractivity contribution in [3.05, 3.63) is 52.8 Å². The van der Waals surface area contributed by atoms with Gasteiger partial charge in [0.2, 0.25) is 0 Å². The number of fused-ring (bicyclic) bond motifs is 1. The second kappa shape index (κ2) is 4.95. The van der Waals surface area contributed by atoms with Crippen molar-refractivity contribution in [2.75, 3.05) is 4.90 Å². The highest BCUT2D eigenvalue weighted by molar-refractivity contribution is 5.71. The fourth-order valence-electron chi connectivity index (χ4n) is 2.98. The molecule has 0 spiro atoms. The first kappa shape index (κ1) is 13.7. The SMILES string of the molecule is CC(C)c1c(F)cc(O)c(N2Cc3ccccc3C2)c1O. The van der Waals surface area contributed by atoms with Crippen LogP contribution in [0, 0.1) is 5.82 Å². The zero-order valence-electron chi connectivity index (χ0n) is 12.1. The number of phenolic OH excluding ortho intramolecular Hbond substituents is 2. The lowest BCUT2D eigenvalue weighted by Crippen LogP contribution is -2.16. The summed E-state index contributed by atoms with van der Waals surface area (Å²) in [5.74, 6) is -1.10. The zero-order valence-corrected chi connectivity index (χ0v) is 12.1. The van der Waals surface area contributed by atoms with Gasteiger partial charge in [-0.1, -0.05) is 38.1 Å². The van der Waals surface area contributed by atoms with Gasteiger partial charge in [0.05, 0.1) is 0 Å². The lowest BCUT2D eigenvalue weighted by atomic mass is 9.99. The van der Waals surface area contributed by atoms with Crippen LogP contribution in [-0.4, -0.2) is 10.2 Å². The van der Waals surface area contributed by atoms with E-state index in [2.05, 4.69) is 0 Å². The van der Waals surface area contributed by atoms with Gasteiger partial charge in [-0.25, -0.2) is 4.39 Å². The summed E-state index contributed by atoms with van der Waals surface area (Å²) in [4.78, 5) is 1.88. The number of benzene rings is 2. The molecule has 2 aromatic carbocycles. The molecule has 3 nitrogen and oxygen atoms in total. The summed E-state index contributed by atoms with van der Waals surface area (Å²) in [7, 11) is 0. The summed E-state index contributed by atoms with van der Waals surface area (Å²) < 4.78 is 14.0. The van der Waals surface area contributed by atoms with Crippen LogP contribution in [0.1, 0.15) is 36.5 Å². The van der Waals surface area contributed by atoms with Gasteiger partial charge in [-0.3, -0.25) is 0 Å². The Morgan fingerprint density at radius 2 is 1.67 bits per heavy atom. The van der Waals surface area contributed by atoms with Crippen molar-refractivity contribution in [3.63, 3.8) is 0 Å². The van der Waals surface area contributed by atoms with Crippen molar-refractivity contribution in [1.29, 1.82) is 0 Å². The van der Waals surface area contributed by atoms with E-state index < -0.39 is 5.82 Å². The van der Waals surface area contributed by atoms with Crippen molar-refractivity contribution in [1.82, 2.24) is 0 Å². The highest BCUT2D eigenvalue weighted by Gasteiger charge is 2.27. The second-order valence-corrected chi connectivity index (χ2v) is 5.77. The average molecular weight is 287 g/mol. The van der Waals surface area contributed by atoms with Crippen molar-refractivity contribution in [2.24, 2.45) is 0 Å². The highest BCUT2D eigenvalue weighted by atomic mass is 19.1. The molecule has 0 atom stereocenters. The standard InChI is InChI=1S/C17H18FNO2/c1-10(2)15-13(18)7-14(20)16(17(15)21)19-8-11-5-3-4-6-12(11)9-19/h3-7,10,20-21H,8-9H2,1-2H3. The summed E-state index contributed by atoms with van der Waals surface area (Å²) in [5.41, 5.74) is 2.88. The summed E-state index contributed by atoms with van der Waals surface area (Å²) in [6, 6.07) is 9.07. The van der Waals surface area contributed by atoms with Crippen LogP contribution < -0.4 is 4.90 Å². The van der Waals surface area contributed by atoms with Gasteiger partial charge in [-0.15, -0.1) is 0 Å². The molecule has 2 aromatic rings. The number of nitrogens with zero attached hydrogens (tertiary/aromatic N) is 1. The molecule has 0 aliphatic carbocycles. The van der Waals surface area contributed by atoms with E-state index in [4.69, 9.17) is 0 Å². The normalized spacial score (nSPS) is 13.8. The minimum atomic E-state index is -0.569. The maximum atomic E-state index is 14.0. The van der Waals surface area contributed by atoms with E-state index in [-0.39, 0.29) is 23.0 Å². The Bertz CT molecular complexity index is 672. The Kier molecular flexibility index (Phi) is 3.24. The first-order valence-electron chi connectivity index (χ1n) is 7.05. The molecule has 110 valence electrons. The monoisotopic (exact) mass is 287 g/mol. The number of hydrogen-bond acceptors (Lipinski definition) is 3. The van der Waals surface area contributed by atoms with Crippen molar-refractivity contribution in [2.45, 2.75) is 32.9 Å². The van der Waals surface area contributed by atoms with E-state index in [1.54, 1.807) is 0 Å². The third-order valence-corrected chi connectivity index (χ3v) is 3.98. The van der Waals surface area contributed by atoms with Gasteiger partial charge in [-0.2, -0.15) is 0 Å². The van der Waals surface area contributed by atoms with E-state index in [9.17, 15) is 14.6 Å². The summed E-state index contributed by atoms with van der Waals surface area (Å²) in [5, 5.41) is 20.5. The van der Waals surface area contributed by atoms with E-state index in [1.165, 1.54) is 0 Å². The van der Waals surface area contributed by atoms with Crippen LogP contribution in [0.4, 0.5) is 10.1 Å². The summed E-state index contributed by atoms with van der Waals surface area (Å²) >= 11 is 0. The number of anilines is 1. The van der Waals surface area contributed by atoms with Gasteiger partial charge in [-0.05, 0) is 17.0 Å². The molecule has 4 heteroatoms. The first-order valence-corrected chi connectivity index (χ1v) is 7.05. The molecule has 0 saturated heterocycles. The van der Waals surface area contributed by atoms with Gasteiger partial charge in [0.25, 0.3) is 0 Å². The fourth-order valence-corrected chi connectivity index (χ4v) is 2.98. The van der Waals surface area contributed by atoms with Crippen molar-refractivity contribution in [3.8, 4) is 11.5 Å². The topological polar surface area (TPSA) is 43.7 Å². The molecular weight excluding hydrogens is 269 g/mol.